The third-order valence-electron chi connectivity index (χ3n) is 5.21. The molecule has 5 heteroatoms. The number of hydrogen-bond acceptors (Lipinski definition) is 3. The lowest BCUT2D eigenvalue weighted by Crippen LogP contribution is -2.38. The molecular weight excluding hydrogens is 268 g/mol. The summed E-state index contributed by atoms with van der Waals surface area (Å²) in [6, 6.07) is 0.213. The van der Waals surface area contributed by atoms with E-state index >= 15 is 0 Å². The van der Waals surface area contributed by atoms with Crippen LogP contribution >= 0.6 is 0 Å². The molecule has 116 valence electrons. The minimum absolute atomic E-state index is 0.0484. The predicted octanol–water partition coefficient (Wildman–Crippen LogP) is 1.47. The van der Waals surface area contributed by atoms with Gasteiger partial charge in [0.2, 0.25) is 17.7 Å². The molecule has 0 aromatic heterocycles. The van der Waals surface area contributed by atoms with Crippen molar-refractivity contribution in [2.75, 3.05) is 6.54 Å². The molecule has 21 heavy (non-hydrogen) atoms. The summed E-state index contributed by atoms with van der Waals surface area (Å²) < 4.78 is 0. The lowest BCUT2D eigenvalue weighted by molar-refractivity contribution is -0.140. The molecule has 2 saturated carbocycles. The minimum atomic E-state index is -0.111. The molecule has 0 spiro atoms. The van der Waals surface area contributed by atoms with Crippen molar-refractivity contribution in [2.45, 2.75) is 57.9 Å². The first-order valence-electron chi connectivity index (χ1n) is 8.22. The first kappa shape index (κ1) is 14.5. The van der Waals surface area contributed by atoms with Gasteiger partial charge in [0.1, 0.15) is 0 Å². The fraction of sp³-hybridized carbons (Fsp3) is 0.812. The van der Waals surface area contributed by atoms with E-state index in [1.807, 2.05) is 6.92 Å². The zero-order chi connectivity index (χ0) is 15.0. The summed E-state index contributed by atoms with van der Waals surface area (Å²) >= 11 is 0. The van der Waals surface area contributed by atoms with Crippen molar-refractivity contribution in [3.8, 4) is 0 Å². The Labute approximate surface area is 125 Å². The second-order valence-corrected chi connectivity index (χ2v) is 6.77. The van der Waals surface area contributed by atoms with Crippen molar-refractivity contribution in [3.63, 3.8) is 0 Å². The molecule has 3 fully saturated rings. The maximum atomic E-state index is 12.3. The molecule has 1 N–H and O–H groups in total. The van der Waals surface area contributed by atoms with Crippen LogP contribution in [0, 0.1) is 17.8 Å². The highest BCUT2D eigenvalue weighted by Gasteiger charge is 2.47. The molecule has 1 heterocycles. The van der Waals surface area contributed by atoms with Gasteiger partial charge in [0.25, 0.3) is 0 Å². The number of nitrogens with one attached hydrogen (secondary N) is 1. The zero-order valence-electron chi connectivity index (χ0n) is 12.6. The quantitative estimate of drug-likeness (QED) is 0.780. The SMILES string of the molecule is C[C@@H](NC(=O)CCN1C(=O)[C@H]2CCCC[C@H]2C1=O)C1CC1. The van der Waals surface area contributed by atoms with Gasteiger partial charge in [0.05, 0.1) is 11.8 Å². The van der Waals surface area contributed by atoms with Crippen LogP contribution in [0.5, 0.6) is 0 Å². The maximum absolute atomic E-state index is 12.3. The first-order chi connectivity index (χ1) is 10.1. The Kier molecular flexibility index (Phi) is 4.00. The number of likely N-dealkylation sites (tertiary alicyclic amines) is 1. The van der Waals surface area contributed by atoms with E-state index in [0.29, 0.717) is 5.92 Å². The normalized spacial score (nSPS) is 30.2. The Morgan fingerprint density at radius 3 is 2.24 bits per heavy atom. The van der Waals surface area contributed by atoms with E-state index in [2.05, 4.69) is 5.32 Å². The minimum Gasteiger partial charge on any atom is -0.353 e. The molecule has 3 atom stereocenters. The third-order valence-corrected chi connectivity index (χ3v) is 5.21. The zero-order valence-corrected chi connectivity index (χ0v) is 12.6. The molecule has 3 aliphatic rings. The number of carbonyl (C=O) groups excluding carboxylic acids is 3. The Morgan fingerprint density at radius 2 is 1.71 bits per heavy atom. The molecule has 1 aliphatic heterocycles. The van der Waals surface area contributed by atoms with Crippen LogP contribution in [-0.4, -0.2) is 35.2 Å². The van der Waals surface area contributed by atoms with Crippen LogP contribution in [0.25, 0.3) is 0 Å². The van der Waals surface area contributed by atoms with Gasteiger partial charge in [-0.2, -0.15) is 0 Å². The molecule has 0 bridgehead atoms. The van der Waals surface area contributed by atoms with Crippen LogP contribution in [0.15, 0.2) is 0 Å². The molecule has 3 rings (SSSR count). The Hall–Kier alpha value is -1.39. The topological polar surface area (TPSA) is 66.5 Å². The molecule has 0 unspecified atom stereocenters. The lowest BCUT2D eigenvalue weighted by atomic mass is 9.81. The summed E-state index contributed by atoms with van der Waals surface area (Å²) in [7, 11) is 0. The van der Waals surface area contributed by atoms with E-state index in [0.717, 1.165) is 25.7 Å². The summed E-state index contributed by atoms with van der Waals surface area (Å²) in [6.45, 7) is 2.27. The van der Waals surface area contributed by atoms with Crippen LogP contribution < -0.4 is 5.32 Å². The van der Waals surface area contributed by atoms with Gasteiger partial charge in [-0.3, -0.25) is 19.3 Å². The number of rotatable bonds is 5. The fourth-order valence-corrected chi connectivity index (χ4v) is 3.70. The molecule has 3 amide bonds. The summed E-state index contributed by atoms with van der Waals surface area (Å²) in [4.78, 5) is 37.8. The maximum Gasteiger partial charge on any atom is 0.233 e. The van der Waals surface area contributed by atoms with Crippen molar-refractivity contribution in [1.29, 1.82) is 0 Å². The number of hydrogen-bond donors (Lipinski definition) is 1. The average molecular weight is 292 g/mol. The average Bonchev–Trinajstić information content (AvgIpc) is 3.28. The number of amides is 3. The highest BCUT2D eigenvalue weighted by molar-refractivity contribution is 6.05. The molecule has 2 aliphatic carbocycles. The third kappa shape index (κ3) is 2.97. The first-order valence-corrected chi connectivity index (χ1v) is 8.22. The van der Waals surface area contributed by atoms with Gasteiger partial charge >= 0.3 is 0 Å². The molecular formula is C16H24N2O3. The fourth-order valence-electron chi connectivity index (χ4n) is 3.70. The Balaban J connectivity index is 1.51. The van der Waals surface area contributed by atoms with Gasteiger partial charge in [-0.05, 0) is 38.5 Å². The van der Waals surface area contributed by atoms with Crippen LogP contribution in [0.1, 0.15) is 51.9 Å². The highest BCUT2D eigenvalue weighted by atomic mass is 16.2. The monoisotopic (exact) mass is 292 g/mol. The molecule has 0 radical (unpaired) electrons. The Morgan fingerprint density at radius 1 is 1.14 bits per heavy atom. The van der Waals surface area contributed by atoms with Crippen molar-refractivity contribution in [1.82, 2.24) is 10.2 Å². The summed E-state index contributed by atoms with van der Waals surface area (Å²) in [5, 5.41) is 2.97. The van der Waals surface area contributed by atoms with Gasteiger partial charge in [0, 0.05) is 19.0 Å². The van der Waals surface area contributed by atoms with Crippen molar-refractivity contribution in [3.05, 3.63) is 0 Å². The van der Waals surface area contributed by atoms with E-state index in [1.54, 1.807) is 0 Å². The van der Waals surface area contributed by atoms with E-state index in [9.17, 15) is 14.4 Å². The van der Waals surface area contributed by atoms with Crippen LogP contribution in [0.3, 0.4) is 0 Å². The van der Waals surface area contributed by atoms with Crippen LogP contribution in [-0.2, 0) is 14.4 Å². The molecule has 5 nitrogen and oxygen atoms in total. The van der Waals surface area contributed by atoms with Crippen LogP contribution in [0.2, 0.25) is 0 Å². The van der Waals surface area contributed by atoms with Crippen LogP contribution in [0.4, 0.5) is 0 Å². The Bertz CT molecular complexity index is 434. The summed E-state index contributed by atoms with van der Waals surface area (Å²) in [5.74, 6) is 0.247. The van der Waals surface area contributed by atoms with E-state index in [1.165, 1.54) is 17.7 Å². The summed E-state index contributed by atoms with van der Waals surface area (Å²) in [6.07, 6.45) is 6.34. The number of carbonyl (C=O) groups is 3. The van der Waals surface area contributed by atoms with Gasteiger partial charge < -0.3 is 5.32 Å². The van der Waals surface area contributed by atoms with E-state index in [-0.39, 0.29) is 48.6 Å². The van der Waals surface area contributed by atoms with Crippen molar-refractivity contribution in [2.24, 2.45) is 17.8 Å². The van der Waals surface area contributed by atoms with E-state index in [4.69, 9.17) is 0 Å². The second-order valence-electron chi connectivity index (χ2n) is 6.77. The molecule has 1 saturated heterocycles. The predicted molar refractivity (Wildman–Crippen MR) is 77.1 cm³/mol. The van der Waals surface area contributed by atoms with Gasteiger partial charge in [0.15, 0.2) is 0 Å². The van der Waals surface area contributed by atoms with Gasteiger partial charge in [-0.1, -0.05) is 12.8 Å². The second kappa shape index (κ2) is 5.78. The highest BCUT2D eigenvalue weighted by Crippen LogP contribution is 2.38. The standard InChI is InChI=1S/C16H24N2O3/c1-10(11-6-7-11)17-14(19)8-9-18-15(20)12-4-2-3-5-13(12)16(18)21/h10-13H,2-9H2,1H3,(H,17,19)/t10-,12-,13+/m1/s1. The van der Waals surface area contributed by atoms with Gasteiger partial charge in [-0.15, -0.1) is 0 Å². The largest absolute Gasteiger partial charge is 0.353 e. The molecule has 0 aromatic rings. The van der Waals surface area contributed by atoms with E-state index < -0.39 is 0 Å². The number of nitrogens with zero attached hydrogens (tertiary/aromatic N) is 1. The van der Waals surface area contributed by atoms with Crippen molar-refractivity contribution < 1.29 is 14.4 Å². The van der Waals surface area contributed by atoms with Crippen molar-refractivity contribution >= 4 is 17.7 Å². The summed E-state index contributed by atoms with van der Waals surface area (Å²) in [5.41, 5.74) is 0. The number of fused-ring (bicyclic) bond motifs is 1. The smallest absolute Gasteiger partial charge is 0.233 e. The number of imide groups is 1. The lowest BCUT2D eigenvalue weighted by Gasteiger charge is -2.19. The van der Waals surface area contributed by atoms with Gasteiger partial charge in [-0.25, -0.2) is 0 Å². The molecule has 0 aromatic carbocycles.